The predicted molar refractivity (Wildman–Crippen MR) is 39.4 cm³/mol. The van der Waals surface area contributed by atoms with E-state index in [0.717, 1.165) is 0 Å². The lowest BCUT2D eigenvalue weighted by Crippen LogP contribution is -2.36. The van der Waals surface area contributed by atoms with Crippen molar-refractivity contribution >= 4 is 5.97 Å². The summed E-state index contributed by atoms with van der Waals surface area (Å²) in [5.74, 6) is -0.431. The average molecular weight is 143 g/mol. The molecule has 0 aliphatic rings. The number of rotatable bonds is 3. The van der Waals surface area contributed by atoms with Gasteiger partial charge in [-0.2, -0.15) is 0 Å². The average Bonchev–Trinajstić information content (AvgIpc) is 2.00. The van der Waals surface area contributed by atoms with Crippen LogP contribution in [0.25, 0.3) is 0 Å². The number of ether oxygens (including phenoxy) is 1. The van der Waals surface area contributed by atoms with E-state index in [0.29, 0.717) is 0 Å². The molecule has 0 bridgehead atoms. The van der Waals surface area contributed by atoms with Crippen LogP contribution in [-0.4, -0.2) is 19.1 Å². The number of carbonyl (C=O) groups is 1. The van der Waals surface area contributed by atoms with Crippen molar-refractivity contribution in [2.45, 2.75) is 13.0 Å². The highest BCUT2D eigenvalue weighted by Gasteiger charge is 2.18. The summed E-state index contributed by atoms with van der Waals surface area (Å²) in [6.07, 6.45) is 1.63. The van der Waals surface area contributed by atoms with Crippen molar-refractivity contribution in [1.29, 1.82) is 0 Å². The van der Waals surface area contributed by atoms with Crippen molar-refractivity contribution in [3.05, 3.63) is 12.7 Å². The molecule has 0 spiro atoms. The summed E-state index contributed by atoms with van der Waals surface area (Å²) in [5.41, 5.74) is 5.44. The minimum absolute atomic E-state index is 0.0348. The maximum absolute atomic E-state index is 10.7. The van der Waals surface area contributed by atoms with Gasteiger partial charge in [-0.3, -0.25) is 4.79 Å². The van der Waals surface area contributed by atoms with Crippen LogP contribution in [0.2, 0.25) is 0 Å². The zero-order valence-corrected chi connectivity index (χ0v) is 6.33. The second-order valence-electron chi connectivity index (χ2n) is 2.14. The molecular formula is C7H13NO2. The third-order valence-corrected chi connectivity index (χ3v) is 1.41. The second kappa shape index (κ2) is 4.06. The van der Waals surface area contributed by atoms with Gasteiger partial charge in [-0.25, -0.2) is 0 Å². The number of esters is 1. The van der Waals surface area contributed by atoms with Crippen LogP contribution in [0, 0.1) is 5.92 Å². The van der Waals surface area contributed by atoms with Gasteiger partial charge in [0.1, 0.15) is 6.04 Å². The molecule has 0 aromatic heterocycles. The summed E-state index contributed by atoms with van der Waals surface area (Å²) < 4.78 is 4.42. The molecule has 3 heteroatoms. The van der Waals surface area contributed by atoms with Crippen molar-refractivity contribution in [2.75, 3.05) is 7.11 Å². The van der Waals surface area contributed by atoms with Crippen molar-refractivity contribution < 1.29 is 9.53 Å². The highest BCUT2D eigenvalue weighted by atomic mass is 16.5. The Morgan fingerprint density at radius 1 is 1.80 bits per heavy atom. The Kier molecular flexibility index (Phi) is 3.72. The van der Waals surface area contributed by atoms with Gasteiger partial charge < -0.3 is 10.5 Å². The van der Waals surface area contributed by atoms with E-state index in [1.54, 1.807) is 6.08 Å². The Morgan fingerprint density at radius 3 is 2.60 bits per heavy atom. The highest BCUT2D eigenvalue weighted by Crippen LogP contribution is 2.01. The molecule has 0 aliphatic heterocycles. The predicted octanol–water partition coefficient (Wildman–Crippen LogP) is 0.309. The molecule has 0 amide bonds. The fraction of sp³-hybridized carbons (Fsp3) is 0.571. The van der Waals surface area contributed by atoms with E-state index in [4.69, 9.17) is 5.73 Å². The fourth-order valence-electron chi connectivity index (χ4n) is 0.497. The number of methoxy groups -OCH3 is 1. The Hall–Kier alpha value is -0.830. The van der Waals surface area contributed by atoms with Gasteiger partial charge in [-0.15, -0.1) is 6.58 Å². The van der Waals surface area contributed by atoms with E-state index >= 15 is 0 Å². The third-order valence-electron chi connectivity index (χ3n) is 1.41. The lowest BCUT2D eigenvalue weighted by atomic mass is 10.0. The molecule has 0 aliphatic carbocycles. The van der Waals surface area contributed by atoms with Crippen LogP contribution in [-0.2, 0) is 9.53 Å². The Bertz CT molecular complexity index is 134. The number of hydrogen-bond donors (Lipinski definition) is 1. The highest BCUT2D eigenvalue weighted by molar-refractivity contribution is 5.75. The molecule has 0 saturated carbocycles. The van der Waals surface area contributed by atoms with Gasteiger partial charge in [0, 0.05) is 0 Å². The van der Waals surface area contributed by atoms with E-state index in [9.17, 15) is 4.79 Å². The SMILES string of the molecule is C=CC(C)[C@H](N)C(=O)OC. The standard InChI is InChI=1S/C7H13NO2/c1-4-5(2)6(8)7(9)10-3/h4-6H,1,8H2,2-3H3/t5?,6-/m0/s1. The van der Waals surface area contributed by atoms with Crippen LogP contribution in [0.3, 0.4) is 0 Å². The first kappa shape index (κ1) is 9.17. The molecule has 0 fully saturated rings. The molecule has 0 aromatic carbocycles. The number of nitrogens with two attached hydrogens (primary N) is 1. The Labute approximate surface area is 60.9 Å². The summed E-state index contributed by atoms with van der Waals surface area (Å²) in [6, 6.07) is -0.581. The van der Waals surface area contributed by atoms with Gasteiger partial charge in [0.05, 0.1) is 7.11 Å². The van der Waals surface area contributed by atoms with E-state index in [1.807, 2.05) is 6.92 Å². The molecule has 58 valence electrons. The van der Waals surface area contributed by atoms with Gasteiger partial charge in [0.25, 0.3) is 0 Å². The second-order valence-corrected chi connectivity index (χ2v) is 2.14. The molecule has 1 unspecified atom stereocenters. The van der Waals surface area contributed by atoms with Crippen molar-refractivity contribution in [2.24, 2.45) is 11.7 Å². The molecule has 0 radical (unpaired) electrons. The molecule has 0 rings (SSSR count). The van der Waals surface area contributed by atoms with Gasteiger partial charge in [-0.1, -0.05) is 13.0 Å². The van der Waals surface area contributed by atoms with E-state index in [2.05, 4.69) is 11.3 Å². The lowest BCUT2D eigenvalue weighted by molar-refractivity contribution is -0.142. The van der Waals surface area contributed by atoms with Crippen molar-refractivity contribution in [1.82, 2.24) is 0 Å². The molecule has 2 atom stereocenters. The summed E-state index contributed by atoms with van der Waals surface area (Å²) in [4.78, 5) is 10.7. The van der Waals surface area contributed by atoms with E-state index < -0.39 is 12.0 Å². The van der Waals surface area contributed by atoms with E-state index in [-0.39, 0.29) is 5.92 Å². The fourth-order valence-corrected chi connectivity index (χ4v) is 0.497. The number of hydrogen-bond acceptors (Lipinski definition) is 3. The topological polar surface area (TPSA) is 52.3 Å². The van der Waals surface area contributed by atoms with Crippen LogP contribution in [0.4, 0.5) is 0 Å². The smallest absolute Gasteiger partial charge is 0.323 e. The Balaban J connectivity index is 3.93. The van der Waals surface area contributed by atoms with Crippen molar-refractivity contribution in [3.8, 4) is 0 Å². The first-order chi connectivity index (χ1) is 4.63. The summed E-state index contributed by atoms with van der Waals surface area (Å²) in [6.45, 7) is 5.32. The zero-order valence-electron chi connectivity index (χ0n) is 6.33. The van der Waals surface area contributed by atoms with E-state index in [1.165, 1.54) is 7.11 Å². The largest absolute Gasteiger partial charge is 0.468 e. The molecule has 0 saturated heterocycles. The van der Waals surface area contributed by atoms with Crippen LogP contribution >= 0.6 is 0 Å². The lowest BCUT2D eigenvalue weighted by Gasteiger charge is -2.12. The van der Waals surface area contributed by atoms with Crippen molar-refractivity contribution in [3.63, 3.8) is 0 Å². The normalized spacial score (nSPS) is 15.5. The maximum atomic E-state index is 10.7. The minimum atomic E-state index is -0.581. The first-order valence-corrected chi connectivity index (χ1v) is 3.09. The Morgan fingerprint density at radius 2 is 2.30 bits per heavy atom. The van der Waals surface area contributed by atoms with Crippen LogP contribution < -0.4 is 5.73 Å². The number of carbonyl (C=O) groups excluding carboxylic acids is 1. The molecule has 3 nitrogen and oxygen atoms in total. The van der Waals surface area contributed by atoms with Gasteiger partial charge in [-0.05, 0) is 5.92 Å². The quantitative estimate of drug-likeness (QED) is 0.457. The monoisotopic (exact) mass is 143 g/mol. The molecule has 2 N–H and O–H groups in total. The van der Waals surface area contributed by atoms with Crippen LogP contribution in [0.5, 0.6) is 0 Å². The summed E-state index contributed by atoms with van der Waals surface area (Å²) >= 11 is 0. The maximum Gasteiger partial charge on any atom is 0.323 e. The van der Waals surface area contributed by atoms with Gasteiger partial charge in [0.15, 0.2) is 0 Å². The molecular weight excluding hydrogens is 130 g/mol. The summed E-state index contributed by atoms with van der Waals surface area (Å²) in [7, 11) is 1.32. The summed E-state index contributed by atoms with van der Waals surface area (Å²) in [5, 5.41) is 0. The van der Waals surface area contributed by atoms with Gasteiger partial charge in [0.2, 0.25) is 0 Å². The van der Waals surface area contributed by atoms with Crippen LogP contribution in [0.15, 0.2) is 12.7 Å². The van der Waals surface area contributed by atoms with Gasteiger partial charge >= 0.3 is 5.97 Å². The molecule has 0 aromatic rings. The van der Waals surface area contributed by atoms with Crippen LogP contribution in [0.1, 0.15) is 6.92 Å². The zero-order chi connectivity index (χ0) is 8.15. The third kappa shape index (κ3) is 2.19. The minimum Gasteiger partial charge on any atom is -0.468 e. The molecule has 0 heterocycles. The first-order valence-electron chi connectivity index (χ1n) is 3.09. The molecule has 10 heavy (non-hydrogen) atoms.